The van der Waals surface area contributed by atoms with Crippen LogP contribution in [0.25, 0.3) is 0 Å². The summed E-state index contributed by atoms with van der Waals surface area (Å²) in [4.78, 5) is 39.4. The Morgan fingerprint density at radius 1 is 1.29 bits per heavy atom. The zero-order valence-corrected chi connectivity index (χ0v) is 14.4. The number of imide groups is 1. The highest BCUT2D eigenvalue weighted by Crippen LogP contribution is 2.44. The molecule has 0 aliphatic carbocycles. The highest BCUT2D eigenvalue weighted by Gasteiger charge is 2.70. The summed E-state index contributed by atoms with van der Waals surface area (Å²) in [6.45, 7) is 5.78. The van der Waals surface area contributed by atoms with Crippen LogP contribution in [0.15, 0.2) is 24.3 Å². The lowest BCUT2D eigenvalue weighted by molar-refractivity contribution is -0.731. The lowest BCUT2D eigenvalue weighted by Gasteiger charge is -2.25. The van der Waals surface area contributed by atoms with Crippen LogP contribution >= 0.6 is 0 Å². The molecule has 0 bridgehead atoms. The largest absolute Gasteiger partial charge is 0.464 e. The molecule has 2 saturated heterocycles. The van der Waals surface area contributed by atoms with Gasteiger partial charge in [-0.05, 0) is 19.4 Å². The third-order valence-electron chi connectivity index (χ3n) is 5.49. The monoisotopic (exact) mass is 331 g/mol. The van der Waals surface area contributed by atoms with Crippen molar-refractivity contribution in [2.24, 2.45) is 11.8 Å². The van der Waals surface area contributed by atoms with Crippen molar-refractivity contribution < 1.29 is 24.4 Å². The van der Waals surface area contributed by atoms with Gasteiger partial charge in [0, 0.05) is 19.0 Å². The number of fused-ring (bicyclic) bond motifs is 1. The van der Waals surface area contributed by atoms with Crippen LogP contribution in [-0.2, 0) is 19.1 Å². The molecule has 2 fully saturated rings. The van der Waals surface area contributed by atoms with Gasteiger partial charge in [0.15, 0.2) is 0 Å². The van der Waals surface area contributed by atoms with Crippen molar-refractivity contribution in [1.29, 1.82) is 0 Å². The molecule has 1 aromatic carbocycles. The average Bonchev–Trinajstić information content (AvgIpc) is 3.02. The summed E-state index contributed by atoms with van der Waals surface area (Å²) in [6, 6.07) is 7.52. The van der Waals surface area contributed by atoms with Crippen LogP contribution in [0.2, 0.25) is 0 Å². The number of methoxy groups -OCH3 is 1. The summed E-state index contributed by atoms with van der Waals surface area (Å²) in [7, 11) is 1.32. The van der Waals surface area contributed by atoms with Gasteiger partial charge in [0.25, 0.3) is 0 Å². The standard InChI is InChI=1S/C18H22N2O4/c1-5-20-15(21)12-13(16(20)22)18(3,17(23)24-4)19-14(12)11-9-7-6-8-10(11)2/h6-9,12-14,19H,5H2,1-4H3/p+1/t12-,13+,14-,18-/m1/s1. The summed E-state index contributed by atoms with van der Waals surface area (Å²) in [5.74, 6) is -2.16. The van der Waals surface area contributed by atoms with E-state index in [-0.39, 0.29) is 17.9 Å². The molecule has 128 valence electrons. The van der Waals surface area contributed by atoms with E-state index in [1.807, 2.05) is 36.5 Å². The van der Waals surface area contributed by atoms with E-state index in [0.717, 1.165) is 11.1 Å². The normalized spacial score (nSPS) is 32.2. The van der Waals surface area contributed by atoms with Crippen molar-refractivity contribution in [2.75, 3.05) is 13.7 Å². The number of hydrogen-bond acceptors (Lipinski definition) is 4. The second kappa shape index (κ2) is 5.70. The number of nitrogens with zero attached hydrogens (tertiary/aromatic N) is 1. The Bertz CT molecular complexity index is 717. The van der Waals surface area contributed by atoms with Crippen molar-refractivity contribution in [3.05, 3.63) is 35.4 Å². The van der Waals surface area contributed by atoms with Crippen molar-refractivity contribution in [1.82, 2.24) is 4.90 Å². The second-order valence-electron chi connectivity index (χ2n) is 6.75. The van der Waals surface area contributed by atoms with Crippen LogP contribution in [-0.4, -0.2) is 41.9 Å². The molecule has 0 aromatic heterocycles. The van der Waals surface area contributed by atoms with E-state index in [1.54, 1.807) is 13.8 Å². The van der Waals surface area contributed by atoms with Crippen molar-refractivity contribution >= 4 is 17.8 Å². The van der Waals surface area contributed by atoms with E-state index in [0.29, 0.717) is 6.54 Å². The zero-order chi connectivity index (χ0) is 17.6. The number of esters is 1. The van der Waals surface area contributed by atoms with Crippen molar-refractivity contribution in [2.45, 2.75) is 32.4 Å². The molecular weight excluding hydrogens is 308 g/mol. The van der Waals surface area contributed by atoms with E-state index >= 15 is 0 Å². The Balaban J connectivity index is 2.13. The smallest absolute Gasteiger partial charge is 0.368 e. The van der Waals surface area contributed by atoms with Crippen LogP contribution in [0.4, 0.5) is 0 Å². The molecule has 1 aromatic rings. The number of likely N-dealkylation sites (tertiary alicyclic amines) is 1. The van der Waals surface area contributed by atoms with E-state index in [2.05, 4.69) is 0 Å². The molecule has 3 rings (SSSR count). The van der Waals surface area contributed by atoms with Gasteiger partial charge >= 0.3 is 5.97 Å². The minimum atomic E-state index is -1.09. The lowest BCUT2D eigenvalue weighted by Crippen LogP contribution is -2.97. The molecule has 0 radical (unpaired) electrons. The SMILES string of the molecule is CCN1C(=O)[C@H]2[C@@H](c3ccccc3C)[NH2+][C@@](C)(C(=O)OC)[C@@H]2C1=O. The first-order chi connectivity index (χ1) is 11.4. The van der Waals surface area contributed by atoms with Crippen LogP contribution in [0.1, 0.15) is 31.0 Å². The number of aryl methyl sites for hydroxylation is 1. The molecular formula is C18H23N2O4+. The molecule has 2 amide bonds. The molecule has 6 heteroatoms. The predicted molar refractivity (Wildman–Crippen MR) is 85.6 cm³/mol. The van der Waals surface area contributed by atoms with Gasteiger partial charge in [-0.25, -0.2) is 4.79 Å². The first kappa shape index (κ1) is 16.6. The van der Waals surface area contributed by atoms with Crippen LogP contribution in [0.5, 0.6) is 0 Å². The summed E-state index contributed by atoms with van der Waals surface area (Å²) in [5.41, 5.74) is 0.935. The quantitative estimate of drug-likeness (QED) is 0.632. The van der Waals surface area contributed by atoms with Gasteiger partial charge < -0.3 is 10.1 Å². The van der Waals surface area contributed by atoms with Gasteiger partial charge in [-0.15, -0.1) is 0 Å². The van der Waals surface area contributed by atoms with Gasteiger partial charge in [-0.2, -0.15) is 0 Å². The number of ether oxygens (including phenoxy) is 1. The third-order valence-corrected chi connectivity index (χ3v) is 5.49. The average molecular weight is 331 g/mol. The van der Waals surface area contributed by atoms with E-state index < -0.39 is 23.3 Å². The van der Waals surface area contributed by atoms with Gasteiger partial charge in [0.2, 0.25) is 17.4 Å². The highest BCUT2D eigenvalue weighted by molar-refractivity contribution is 6.08. The Hall–Kier alpha value is -2.21. The molecule has 24 heavy (non-hydrogen) atoms. The third kappa shape index (κ3) is 2.09. The maximum Gasteiger partial charge on any atom is 0.368 e. The molecule has 0 unspecified atom stereocenters. The van der Waals surface area contributed by atoms with Crippen molar-refractivity contribution in [3.8, 4) is 0 Å². The predicted octanol–water partition coefficient (Wildman–Crippen LogP) is 0.166. The lowest BCUT2D eigenvalue weighted by atomic mass is 9.80. The number of benzene rings is 1. The van der Waals surface area contributed by atoms with Crippen molar-refractivity contribution in [3.63, 3.8) is 0 Å². The Kier molecular flexibility index (Phi) is 3.95. The van der Waals surface area contributed by atoms with E-state index in [1.165, 1.54) is 12.0 Å². The first-order valence-corrected chi connectivity index (χ1v) is 8.22. The zero-order valence-electron chi connectivity index (χ0n) is 14.4. The minimum absolute atomic E-state index is 0.190. The second-order valence-corrected chi connectivity index (χ2v) is 6.75. The minimum Gasteiger partial charge on any atom is -0.464 e. The molecule has 4 atom stereocenters. The summed E-state index contributed by atoms with van der Waals surface area (Å²) in [5, 5.41) is 1.85. The van der Waals surface area contributed by atoms with Crippen LogP contribution in [0.3, 0.4) is 0 Å². The molecule has 2 aliphatic rings. The summed E-state index contributed by atoms with van der Waals surface area (Å²) < 4.78 is 4.96. The Morgan fingerprint density at radius 3 is 2.54 bits per heavy atom. The first-order valence-electron chi connectivity index (χ1n) is 8.22. The number of nitrogens with two attached hydrogens (primary N) is 1. The van der Waals surface area contributed by atoms with Gasteiger partial charge in [0.1, 0.15) is 17.9 Å². The molecule has 0 spiro atoms. The van der Waals surface area contributed by atoms with E-state index in [4.69, 9.17) is 4.74 Å². The number of carbonyl (C=O) groups excluding carboxylic acids is 3. The fourth-order valence-corrected chi connectivity index (χ4v) is 4.29. The Morgan fingerprint density at radius 2 is 1.96 bits per heavy atom. The maximum atomic E-state index is 12.9. The van der Waals surface area contributed by atoms with Gasteiger partial charge in [-0.1, -0.05) is 24.3 Å². The van der Waals surface area contributed by atoms with Crippen LogP contribution < -0.4 is 5.32 Å². The van der Waals surface area contributed by atoms with Crippen LogP contribution in [0, 0.1) is 18.8 Å². The van der Waals surface area contributed by atoms with Gasteiger partial charge in [-0.3, -0.25) is 14.5 Å². The number of quaternary nitrogens is 1. The fourth-order valence-electron chi connectivity index (χ4n) is 4.29. The number of hydrogen-bond donors (Lipinski definition) is 1. The van der Waals surface area contributed by atoms with E-state index in [9.17, 15) is 14.4 Å². The molecule has 2 aliphatic heterocycles. The molecule has 2 N–H and O–H groups in total. The number of amides is 2. The topological polar surface area (TPSA) is 80.3 Å². The summed E-state index contributed by atoms with van der Waals surface area (Å²) >= 11 is 0. The highest BCUT2D eigenvalue weighted by atomic mass is 16.5. The Labute approximate surface area is 141 Å². The number of carbonyl (C=O) groups is 3. The maximum absolute atomic E-state index is 12.9. The fraction of sp³-hybridized carbons (Fsp3) is 0.500. The molecule has 2 heterocycles. The van der Waals surface area contributed by atoms with Gasteiger partial charge in [0.05, 0.1) is 7.11 Å². The summed E-state index contributed by atoms with van der Waals surface area (Å²) in [6.07, 6.45) is 0. The molecule has 0 saturated carbocycles. The molecule has 6 nitrogen and oxygen atoms in total. The number of rotatable bonds is 3.